The third-order valence-electron chi connectivity index (χ3n) is 4.25. The second-order valence-electron chi connectivity index (χ2n) is 6.34. The van der Waals surface area contributed by atoms with Crippen LogP contribution in [-0.4, -0.2) is 16.2 Å². The highest BCUT2D eigenvalue weighted by molar-refractivity contribution is 6.16. The van der Waals surface area contributed by atoms with E-state index in [1.165, 1.54) is 0 Å². The average Bonchev–Trinajstić information content (AvgIpc) is 2.89. The Morgan fingerprint density at radius 2 is 1.72 bits per heavy atom. The van der Waals surface area contributed by atoms with Crippen molar-refractivity contribution in [2.75, 3.05) is 0 Å². The van der Waals surface area contributed by atoms with E-state index in [0.717, 1.165) is 33.4 Å². The van der Waals surface area contributed by atoms with Gasteiger partial charge in [0, 0.05) is 23.5 Å². The van der Waals surface area contributed by atoms with E-state index in [1.807, 2.05) is 30.3 Å². The summed E-state index contributed by atoms with van der Waals surface area (Å²) in [5, 5.41) is 13.0. The van der Waals surface area contributed by atoms with E-state index in [1.54, 1.807) is 0 Å². The number of rotatable bonds is 4. The van der Waals surface area contributed by atoms with Gasteiger partial charge in [0.25, 0.3) is 0 Å². The van der Waals surface area contributed by atoms with Crippen LogP contribution in [0.5, 0.6) is 0 Å². The van der Waals surface area contributed by atoms with Crippen LogP contribution < -0.4 is 11.2 Å². The quantitative estimate of drug-likeness (QED) is 0.387. The van der Waals surface area contributed by atoms with E-state index in [9.17, 15) is 0 Å². The van der Waals surface area contributed by atoms with Crippen molar-refractivity contribution in [2.45, 2.75) is 13.8 Å². The second-order valence-corrected chi connectivity index (χ2v) is 6.34. The minimum absolute atomic E-state index is 0.167. The Morgan fingerprint density at radius 3 is 2.36 bits per heavy atom. The van der Waals surface area contributed by atoms with Crippen LogP contribution in [0.1, 0.15) is 19.4 Å². The molecule has 1 aromatic heterocycles. The van der Waals surface area contributed by atoms with Crippen LogP contribution in [0.25, 0.3) is 22.2 Å². The van der Waals surface area contributed by atoms with Gasteiger partial charge < -0.3 is 10.3 Å². The first-order valence-corrected chi connectivity index (χ1v) is 8.31. The number of nitrogens with zero attached hydrogens (tertiary/aromatic N) is 2. The van der Waals surface area contributed by atoms with E-state index < -0.39 is 0 Å². The van der Waals surface area contributed by atoms with Crippen LogP contribution in [0.2, 0.25) is 0 Å². The van der Waals surface area contributed by atoms with Crippen molar-refractivity contribution < 1.29 is 0 Å². The molecule has 0 saturated heterocycles. The molecule has 3 rings (SSSR count). The van der Waals surface area contributed by atoms with Crippen molar-refractivity contribution in [3.8, 4) is 11.3 Å². The summed E-state index contributed by atoms with van der Waals surface area (Å²) in [6.07, 6.45) is 0. The molecule has 5 heteroatoms. The molecule has 0 unspecified atom stereocenters. The fraction of sp³-hybridized carbons (Fsp3) is 0.200. The summed E-state index contributed by atoms with van der Waals surface area (Å²) in [6, 6.07) is 18.6. The highest BCUT2D eigenvalue weighted by atomic mass is 15.3. The summed E-state index contributed by atoms with van der Waals surface area (Å²) in [4.78, 5) is 0. The van der Waals surface area contributed by atoms with Gasteiger partial charge in [0.05, 0.1) is 11.4 Å². The molecule has 5 nitrogen and oxygen atoms in total. The number of guanidine groups is 1. The van der Waals surface area contributed by atoms with Gasteiger partial charge in [0.2, 0.25) is 5.96 Å². The van der Waals surface area contributed by atoms with Gasteiger partial charge in [-0.1, -0.05) is 62.4 Å². The molecule has 128 valence electrons. The lowest BCUT2D eigenvalue weighted by Gasteiger charge is -2.14. The molecule has 0 aliphatic heterocycles. The Hall–Kier alpha value is -3.08. The zero-order valence-electron chi connectivity index (χ0n) is 14.7. The predicted octanol–water partition coefficient (Wildman–Crippen LogP) is 3.69. The largest absolute Gasteiger partial charge is 0.369 e. The van der Waals surface area contributed by atoms with Crippen LogP contribution in [0, 0.1) is 11.3 Å². The average molecular weight is 333 g/mol. The van der Waals surface area contributed by atoms with Crippen molar-refractivity contribution in [2.24, 2.45) is 23.8 Å². The van der Waals surface area contributed by atoms with Gasteiger partial charge in [0.1, 0.15) is 0 Å². The number of benzene rings is 2. The first-order valence-electron chi connectivity index (χ1n) is 8.31. The lowest BCUT2D eigenvalue weighted by molar-refractivity contribution is 0.855. The standard InChI is InChI=1S/C20H23N5/c1-13(2)18(23-24-20(21)22)17-15-11-7-8-12-16(15)25(3)19(17)14-9-5-4-6-10-14/h4-13H,1-3H3,(H4,21,22,24)/b23-18-. The number of hydrazone groups is 1. The fourth-order valence-electron chi connectivity index (χ4n) is 3.18. The van der Waals surface area contributed by atoms with Crippen molar-refractivity contribution in [3.63, 3.8) is 0 Å². The molecule has 0 atom stereocenters. The topological polar surface area (TPSA) is 79.2 Å². The van der Waals surface area contributed by atoms with Crippen molar-refractivity contribution in [3.05, 3.63) is 60.2 Å². The first-order chi connectivity index (χ1) is 12.0. The van der Waals surface area contributed by atoms with E-state index in [2.05, 4.69) is 60.3 Å². The molecule has 0 bridgehead atoms. The second kappa shape index (κ2) is 6.81. The van der Waals surface area contributed by atoms with Gasteiger partial charge in [-0.15, -0.1) is 0 Å². The van der Waals surface area contributed by atoms with E-state index in [4.69, 9.17) is 11.1 Å². The van der Waals surface area contributed by atoms with Crippen molar-refractivity contribution in [1.82, 2.24) is 9.99 Å². The molecule has 0 amide bonds. The van der Waals surface area contributed by atoms with Gasteiger partial charge >= 0.3 is 0 Å². The number of nitrogens with two attached hydrogens (primary N) is 1. The maximum atomic E-state index is 7.43. The van der Waals surface area contributed by atoms with Crippen LogP contribution in [0.4, 0.5) is 0 Å². The monoisotopic (exact) mass is 333 g/mol. The maximum Gasteiger partial charge on any atom is 0.206 e. The number of hydrogen-bond donors (Lipinski definition) is 3. The van der Waals surface area contributed by atoms with Gasteiger partial charge in [-0.3, -0.25) is 5.41 Å². The molecule has 0 fully saturated rings. The maximum absolute atomic E-state index is 7.43. The lowest BCUT2D eigenvalue weighted by Crippen LogP contribution is -2.28. The molecule has 2 aromatic carbocycles. The molecule has 0 aliphatic carbocycles. The number of para-hydroxylation sites is 1. The number of fused-ring (bicyclic) bond motifs is 1. The van der Waals surface area contributed by atoms with Crippen LogP contribution in [0.3, 0.4) is 0 Å². The summed E-state index contributed by atoms with van der Waals surface area (Å²) < 4.78 is 2.20. The minimum Gasteiger partial charge on any atom is -0.369 e. The molecule has 0 saturated carbocycles. The summed E-state index contributed by atoms with van der Waals surface area (Å²) in [7, 11) is 2.07. The Kier molecular flexibility index (Phi) is 4.57. The third kappa shape index (κ3) is 3.13. The molecule has 25 heavy (non-hydrogen) atoms. The van der Waals surface area contributed by atoms with Gasteiger partial charge in [-0.2, -0.15) is 5.10 Å². The van der Waals surface area contributed by atoms with Crippen LogP contribution in [0.15, 0.2) is 59.7 Å². The number of hydrogen-bond acceptors (Lipinski definition) is 2. The van der Waals surface area contributed by atoms with Crippen LogP contribution >= 0.6 is 0 Å². The number of aryl methyl sites for hydroxylation is 1. The smallest absolute Gasteiger partial charge is 0.206 e. The summed E-state index contributed by atoms with van der Waals surface area (Å²) in [5.74, 6) is -0.000217. The number of nitrogens with one attached hydrogen (secondary N) is 2. The lowest BCUT2D eigenvalue weighted by atomic mass is 9.94. The minimum atomic E-state index is -0.167. The summed E-state index contributed by atoms with van der Waals surface area (Å²) in [6.45, 7) is 4.19. The highest BCUT2D eigenvalue weighted by Gasteiger charge is 2.22. The molecular formula is C20H23N5. The van der Waals surface area contributed by atoms with Gasteiger partial charge in [-0.05, 0) is 17.5 Å². The zero-order valence-corrected chi connectivity index (χ0v) is 14.7. The molecule has 4 N–H and O–H groups in total. The molecule has 0 aliphatic rings. The van der Waals surface area contributed by atoms with Gasteiger partial charge in [0.15, 0.2) is 0 Å². The summed E-state index contributed by atoms with van der Waals surface area (Å²) in [5.41, 5.74) is 13.4. The first kappa shape index (κ1) is 16.8. The Balaban J connectivity index is 2.36. The van der Waals surface area contributed by atoms with E-state index >= 15 is 0 Å². The Bertz CT molecular complexity index is 935. The third-order valence-corrected chi connectivity index (χ3v) is 4.25. The normalized spacial score (nSPS) is 11.9. The van der Waals surface area contributed by atoms with E-state index in [0.29, 0.717) is 0 Å². The molecule has 0 radical (unpaired) electrons. The van der Waals surface area contributed by atoms with Crippen molar-refractivity contribution in [1.29, 1.82) is 5.41 Å². The molecule has 1 heterocycles. The van der Waals surface area contributed by atoms with Crippen molar-refractivity contribution >= 4 is 22.6 Å². The summed E-state index contributed by atoms with van der Waals surface area (Å²) >= 11 is 0. The molecular weight excluding hydrogens is 310 g/mol. The number of aromatic nitrogens is 1. The molecule has 3 aromatic rings. The van der Waals surface area contributed by atoms with Crippen LogP contribution in [-0.2, 0) is 7.05 Å². The van der Waals surface area contributed by atoms with Gasteiger partial charge in [-0.25, -0.2) is 5.43 Å². The Morgan fingerprint density at radius 1 is 1.08 bits per heavy atom. The fourth-order valence-corrected chi connectivity index (χ4v) is 3.18. The highest BCUT2D eigenvalue weighted by Crippen LogP contribution is 2.34. The van der Waals surface area contributed by atoms with E-state index in [-0.39, 0.29) is 11.9 Å². The SMILES string of the molecule is CC(C)/C(=N/NC(=N)N)c1c(-c2ccccc2)n(C)c2ccccc12. The predicted molar refractivity (Wildman–Crippen MR) is 105 cm³/mol. The molecule has 0 spiro atoms. The zero-order chi connectivity index (χ0) is 18.0. The Labute approximate surface area is 147 Å².